The zero-order chi connectivity index (χ0) is 43.7. The van der Waals surface area contributed by atoms with Gasteiger partial charge in [-0.15, -0.1) is 0 Å². The van der Waals surface area contributed by atoms with Gasteiger partial charge in [-0.05, 0) is 70.6 Å². The second kappa shape index (κ2) is 40.3. The van der Waals surface area contributed by atoms with Crippen LogP contribution in [0.25, 0.3) is 0 Å². The number of hydrogen-bond acceptors (Lipinski definition) is 10. The molecule has 0 fully saturated rings. The Kier molecular flexibility index (Phi) is 38.2. The van der Waals surface area contributed by atoms with Crippen molar-refractivity contribution in [3.8, 4) is 0 Å². The van der Waals surface area contributed by atoms with E-state index in [-0.39, 0.29) is 12.8 Å². The number of carbonyl (C=O) groups is 3. The lowest BCUT2D eigenvalue weighted by Gasteiger charge is -2.20. The first kappa shape index (κ1) is 55.9. The van der Waals surface area contributed by atoms with Crippen molar-refractivity contribution in [1.29, 1.82) is 0 Å². The fourth-order valence-corrected chi connectivity index (χ4v) is 6.34. The normalized spacial score (nSPS) is 14.9. The maximum atomic E-state index is 12.6. The van der Waals surface area contributed by atoms with E-state index in [2.05, 4.69) is 67.0 Å². The summed E-state index contributed by atoms with van der Waals surface area (Å²) in [4.78, 5) is 46.0. The molecular formula is C46H78NO11P. The van der Waals surface area contributed by atoms with Gasteiger partial charge < -0.3 is 30.3 Å². The molecule has 0 amide bonds. The molecule has 59 heavy (non-hydrogen) atoms. The van der Waals surface area contributed by atoms with Crippen LogP contribution in [0.4, 0.5) is 0 Å². The van der Waals surface area contributed by atoms with Gasteiger partial charge in [0.2, 0.25) is 0 Å². The lowest BCUT2D eigenvalue weighted by molar-refractivity contribution is -0.161. The van der Waals surface area contributed by atoms with Crippen LogP contribution in [0.1, 0.15) is 162 Å². The van der Waals surface area contributed by atoms with E-state index >= 15 is 0 Å². The molecule has 0 aromatic heterocycles. The molecule has 0 bridgehead atoms. The van der Waals surface area contributed by atoms with E-state index in [1.165, 1.54) is 57.8 Å². The number of nitrogens with two attached hydrogens (primary N) is 1. The number of esters is 2. The highest BCUT2D eigenvalue weighted by atomic mass is 31.2. The summed E-state index contributed by atoms with van der Waals surface area (Å²) in [6.45, 7) is 2.47. The van der Waals surface area contributed by atoms with Gasteiger partial charge in [0.25, 0.3) is 0 Å². The number of ether oxygens (including phenoxy) is 2. The molecule has 0 heterocycles. The number of allylic oxidation sites excluding steroid dienone is 11. The van der Waals surface area contributed by atoms with Crippen molar-refractivity contribution in [2.75, 3.05) is 19.8 Å². The van der Waals surface area contributed by atoms with Gasteiger partial charge in [-0.25, -0.2) is 4.57 Å². The Bertz CT molecular complexity index is 1290. The number of carboxylic acid groups (broad SMARTS) is 1. The topological polar surface area (TPSA) is 192 Å². The summed E-state index contributed by atoms with van der Waals surface area (Å²) in [6.07, 6.45) is 44.3. The van der Waals surface area contributed by atoms with Crippen LogP contribution in [0, 0.1) is 0 Å². The summed E-state index contributed by atoms with van der Waals surface area (Å²) >= 11 is 0. The highest BCUT2D eigenvalue weighted by Gasteiger charge is 2.28. The molecule has 0 aromatic carbocycles. The standard InChI is InChI=1S/C46H78NO11P/c1-3-5-7-9-11-13-15-17-18-19-20-22-24-26-28-30-32-36-45(50)58-42(39-56-59(53,54)57-40-43(47)46(51)52)38-55-44(49)37-33-35-41(48)34-31-29-27-25-23-21-16-14-12-10-8-6-4-2/h6,8,12,14,17-18,21,23,27,29,31,34,41-43,48H,3-5,7,9-11,13,15-16,19-20,22,24-26,28,30,32-33,35-40,47H2,1-2H3,(H,51,52)(H,53,54)/b8-6-,14-12-,18-17-,23-21-,29-27-,34-31+/t41?,42-,43+/m1/s1. The lowest BCUT2D eigenvalue weighted by Crippen LogP contribution is -2.34. The molecule has 0 aliphatic carbocycles. The van der Waals surface area contributed by atoms with Crippen molar-refractivity contribution >= 4 is 25.7 Å². The van der Waals surface area contributed by atoms with Gasteiger partial charge in [-0.1, -0.05) is 151 Å². The first-order valence-corrected chi connectivity index (χ1v) is 23.6. The molecule has 0 spiro atoms. The van der Waals surface area contributed by atoms with Gasteiger partial charge in [-0.3, -0.25) is 23.4 Å². The molecule has 338 valence electrons. The molecule has 0 saturated carbocycles. The van der Waals surface area contributed by atoms with Crippen LogP contribution >= 0.6 is 7.82 Å². The van der Waals surface area contributed by atoms with E-state index in [9.17, 15) is 28.9 Å². The SMILES string of the molecule is CC/C=C\C/C=C\C/C=C\C/C=C\C=C\C(O)CCCC(=O)OC[C@H](COP(=O)(O)OC[C@H](N)C(=O)O)OC(=O)CCCCCCCCC/C=C\CCCCCCCC. The van der Waals surface area contributed by atoms with Gasteiger partial charge in [0.05, 0.1) is 19.3 Å². The van der Waals surface area contributed by atoms with E-state index in [0.717, 1.165) is 57.8 Å². The zero-order valence-electron chi connectivity index (χ0n) is 36.2. The van der Waals surface area contributed by atoms with Crippen LogP contribution in [0.2, 0.25) is 0 Å². The minimum Gasteiger partial charge on any atom is -0.480 e. The number of phosphoric acid groups is 1. The van der Waals surface area contributed by atoms with Gasteiger partial charge in [0.1, 0.15) is 12.6 Å². The molecule has 0 radical (unpaired) electrons. The fraction of sp³-hybridized carbons (Fsp3) is 0.674. The molecule has 13 heteroatoms. The van der Waals surface area contributed by atoms with Crippen molar-refractivity contribution < 1.29 is 52.6 Å². The predicted molar refractivity (Wildman–Crippen MR) is 237 cm³/mol. The quantitative estimate of drug-likeness (QED) is 0.0150. The van der Waals surface area contributed by atoms with Gasteiger partial charge in [0.15, 0.2) is 6.10 Å². The maximum Gasteiger partial charge on any atom is 0.472 e. The van der Waals surface area contributed by atoms with Crippen LogP contribution in [0.15, 0.2) is 72.9 Å². The highest BCUT2D eigenvalue weighted by Crippen LogP contribution is 2.43. The number of aliphatic hydroxyl groups excluding tert-OH is 1. The van der Waals surface area contributed by atoms with E-state index < -0.39 is 63.8 Å². The average molecular weight is 852 g/mol. The van der Waals surface area contributed by atoms with Crippen molar-refractivity contribution in [3.63, 3.8) is 0 Å². The molecule has 2 unspecified atom stereocenters. The Hall–Kier alpha value is -3.12. The molecule has 4 atom stereocenters. The molecule has 0 rings (SSSR count). The van der Waals surface area contributed by atoms with Crippen molar-refractivity contribution in [2.24, 2.45) is 5.73 Å². The summed E-state index contributed by atoms with van der Waals surface area (Å²) in [5, 5.41) is 19.1. The van der Waals surface area contributed by atoms with E-state index in [1.807, 2.05) is 12.2 Å². The Labute approximate surface area is 355 Å². The first-order valence-electron chi connectivity index (χ1n) is 22.1. The maximum absolute atomic E-state index is 12.6. The predicted octanol–water partition coefficient (Wildman–Crippen LogP) is 10.7. The molecule has 0 aromatic rings. The second-order valence-corrected chi connectivity index (χ2v) is 16.1. The summed E-state index contributed by atoms with van der Waals surface area (Å²) < 4.78 is 32.6. The molecule has 0 aliphatic heterocycles. The molecule has 0 saturated heterocycles. The fourth-order valence-electron chi connectivity index (χ4n) is 5.56. The summed E-state index contributed by atoms with van der Waals surface area (Å²) in [5.41, 5.74) is 5.32. The monoisotopic (exact) mass is 852 g/mol. The molecular weight excluding hydrogens is 773 g/mol. The van der Waals surface area contributed by atoms with E-state index in [1.54, 1.807) is 12.2 Å². The largest absolute Gasteiger partial charge is 0.480 e. The average Bonchev–Trinajstić information content (AvgIpc) is 3.20. The second-order valence-electron chi connectivity index (χ2n) is 14.6. The van der Waals surface area contributed by atoms with Gasteiger partial charge >= 0.3 is 25.7 Å². The van der Waals surface area contributed by atoms with Crippen molar-refractivity contribution in [3.05, 3.63) is 72.9 Å². The van der Waals surface area contributed by atoms with Crippen LogP contribution in [0.3, 0.4) is 0 Å². The van der Waals surface area contributed by atoms with Crippen LogP contribution < -0.4 is 5.73 Å². The van der Waals surface area contributed by atoms with Gasteiger partial charge in [0, 0.05) is 12.8 Å². The number of hydrogen-bond donors (Lipinski definition) is 4. The number of phosphoric ester groups is 1. The number of aliphatic carboxylic acids is 1. The number of carbonyl (C=O) groups excluding carboxylic acids is 2. The third-order valence-electron chi connectivity index (χ3n) is 9.04. The number of aliphatic hydroxyl groups is 1. The number of carboxylic acids is 1. The van der Waals surface area contributed by atoms with Crippen LogP contribution in [-0.2, 0) is 37.5 Å². The smallest absolute Gasteiger partial charge is 0.472 e. The lowest BCUT2D eigenvalue weighted by atomic mass is 10.1. The number of unbranched alkanes of at least 4 members (excludes halogenated alkanes) is 13. The highest BCUT2D eigenvalue weighted by molar-refractivity contribution is 7.47. The Morgan fingerprint density at radius 2 is 1.15 bits per heavy atom. The summed E-state index contributed by atoms with van der Waals surface area (Å²) in [7, 11) is -4.77. The van der Waals surface area contributed by atoms with Crippen molar-refractivity contribution in [2.45, 2.75) is 180 Å². The van der Waals surface area contributed by atoms with Gasteiger partial charge in [-0.2, -0.15) is 0 Å². The molecule has 12 nitrogen and oxygen atoms in total. The Morgan fingerprint density at radius 1 is 0.627 bits per heavy atom. The Balaban J connectivity index is 4.56. The van der Waals surface area contributed by atoms with E-state index in [4.69, 9.17) is 24.8 Å². The Morgan fingerprint density at radius 3 is 1.75 bits per heavy atom. The third kappa shape index (κ3) is 40.1. The summed E-state index contributed by atoms with van der Waals surface area (Å²) in [5.74, 6) is -2.62. The third-order valence-corrected chi connectivity index (χ3v) is 9.99. The molecule has 5 N–H and O–H groups in total. The molecule has 0 aliphatic rings. The first-order chi connectivity index (χ1) is 28.5. The van der Waals surface area contributed by atoms with E-state index in [0.29, 0.717) is 19.3 Å². The minimum absolute atomic E-state index is 0.0129. The van der Waals surface area contributed by atoms with Crippen molar-refractivity contribution in [1.82, 2.24) is 0 Å². The minimum atomic E-state index is -4.77. The van der Waals surface area contributed by atoms with Crippen LogP contribution in [-0.4, -0.2) is 71.1 Å². The number of rotatable bonds is 40. The summed E-state index contributed by atoms with van der Waals surface area (Å²) in [6, 6.07) is -1.55. The van der Waals surface area contributed by atoms with Crippen LogP contribution in [0.5, 0.6) is 0 Å². The zero-order valence-corrected chi connectivity index (χ0v) is 37.1.